The second-order valence-corrected chi connectivity index (χ2v) is 6.83. The van der Waals surface area contributed by atoms with Crippen LogP contribution in [0.3, 0.4) is 0 Å². The second kappa shape index (κ2) is 4.95. The number of hydrogen-bond acceptors (Lipinski definition) is 5. The molecule has 1 saturated carbocycles. The Hall–Kier alpha value is -1.62. The SMILES string of the molecule is C=C1C(=O)O[C@H]2[C@H]1[C@@H](OC(C)=O)C[C@H](C)[C@]1(O)CC=C(C)[C@H]21. The van der Waals surface area contributed by atoms with E-state index < -0.39 is 29.7 Å². The summed E-state index contributed by atoms with van der Waals surface area (Å²) in [7, 11) is 0. The van der Waals surface area contributed by atoms with Gasteiger partial charge in [0.2, 0.25) is 0 Å². The van der Waals surface area contributed by atoms with E-state index in [1.807, 2.05) is 19.9 Å². The fourth-order valence-corrected chi connectivity index (χ4v) is 4.38. The van der Waals surface area contributed by atoms with Crippen LogP contribution in [0.25, 0.3) is 0 Å². The van der Waals surface area contributed by atoms with E-state index in [9.17, 15) is 14.7 Å². The summed E-state index contributed by atoms with van der Waals surface area (Å²) in [5.41, 5.74) is 0.398. The molecule has 1 heterocycles. The van der Waals surface area contributed by atoms with Crippen LogP contribution in [0.5, 0.6) is 0 Å². The summed E-state index contributed by atoms with van der Waals surface area (Å²) in [5, 5.41) is 11.2. The molecule has 0 aromatic carbocycles. The minimum Gasteiger partial charge on any atom is -0.462 e. The number of aliphatic hydroxyl groups is 1. The van der Waals surface area contributed by atoms with E-state index >= 15 is 0 Å². The van der Waals surface area contributed by atoms with Crippen LogP contribution in [0, 0.1) is 17.8 Å². The summed E-state index contributed by atoms with van der Waals surface area (Å²) in [6.07, 6.45) is 2.03. The van der Waals surface area contributed by atoms with Gasteiger partial charge >= 0.3 is 11.9 Å². The van der Waals surface area contributed by atoms with Gasteiger partial charge < -0.3 is 14.6 Å². The molecule has 0 aromatic rings. The lowest BCUT2D eigenvalue weighted by atomic mass is 9.75. The van der Waals surface area contributed by atoms with E-state index in [0.717, 1.165) is 5.57 Å². The summed E-state index contributed by atoms with van der Waals surface area (Å²) < 4.78 is 11.0. The van der Waals surface area contributed by atoms with Gasteiger partial charge in [-0.15, -0.1) is 0 Å². The van der Waals surface area contributed by atoms with Gasteiger partial charge in [-0.3, -0.25) is 4.79 Å². The highest BCUT2D eigenvalue weighted by Crippen LogP contribution is 2.53. The molecule has 6 atom stereocenters. The fourth-order valence-electron chi connectivity index (χ4n) is 4.38. The highest BCUT2D eigenvalue weighted by atomic mass is 16.6. The van der Waals surface area contributed by atoms with Gasteiger partial charge in [-0.2, -0.15) is 0 Å². The monoisotopic (exact) mass is 306 g/mol. The molecule has 3 aliphatic rings. The average Bonchev–Trinajstić information content (AvgIpc) is 2.84. The first-order valence-corrected chi connectivity index (χ1v) is 7.71. The molecule has 5 heteroatoms. The smallest absolute Gasteiger partial charge is 0.334 e. The zero-order chi connectivity index (χ0) is 16.2. The lowest BCUT2D eigenvalue weighted by Crippen LogP contribution is -2.46. The first-order chi connectivity index (χ1) is 10.3. The molecule has 1 saturated heterocycles. The van der Waals surface area contributed by atoms with E-state index in [-0.39, 0.29) is 17.8 Å². The van der Waals surface area contributed by atoms with Crippen LogP contribution in [0.4, 0.5) is 0 Å². The highest BCUT2D eigenvalue weighted by Gasteiger charge is 2.60. The summed E-state index contributed by atoms with van der Waals surface area (Å²) in [5.74, 6) is -1.58. The minimum absolute atomic E-state index is 0.0762. The lowest BCUT2D eigenvalue weighted by Gasteiger charge is -2.37. The van der Waals surface area contributed by atoms with Crippen molar-refractivity contribution in [1.82, 2.24) is 0 Å². The van der Waals surface area contributed by atoms with Gasteiger partial charge in [0.05, 0.1) is 11.5 Å². The third-order valence-corrected chi connectivity index (χ3v) is 5.53. The van der Waals surface area contributed by atoms with Gasteiger partial charge in [0, 0.05) is 18.4 Å². The molecule has 120 valence electrons. The number of carbonyl (C=O) groups is 2. The molecular weight excluding hydrogens is 284 g/mol. The molecule has 3 rings (SSSR count). The zero-order valence-corrected chi connectivity index (χ0v) is 13.2. The van der Waals surface area contributed by atoms with Crippen molar-refractivity contribution in [3.05, 3.63) is 23.8 Å². The third kappa shape index (κ3) is 2.02. The maximum atomic E-state index is 12.0. The van der Waals surface area contributed by atoms with Crippen LogP contribution >= 0.6 is 0 Å². The Balaban J connectivity index is 2.06. The number of ether oxygens (including phenoxy) is 2. The summed E-state index contributed by atoms with van der Waals surface area (Å²) >= 11 is 0. The summed E-state index contributed by atoms with van der Waals surface area (Å²) in [6.45, 7) is 9.10. The van der Waals surface area contributed by atoms with Crippen molar-refractivity contribution >= 4 is 11.9 Å². The molecule has 2 aliphatic carbocycles. The molecule has 1 aliphatic heterocycles. The lowest BCUT2D eigenvalue weighted by molar-refractivity contribution is -0.150. The number of hydrogen-bond donors (Lipinski definition) is 1. The van der Waals surface area contributed by atoms with Crippen LogP contribution in [0.1, 0.15) is 33.6 Å². The Morgan fingerprint density at radius 1 is 1.55 bits per heavy atom. The maximum absolute atomic E-state index is 12.0. The average molecular weight is 306 g/mol. The molecule has 5 nitrogen and oxygen atoms in total. The Morgan fingerprint density at radius 2 is 2.23 bits per heavy atom. The normalized spacial score (nSPS) is 43.8. The number of esters is 2. The van der Waals surface area contributed by atoms with Gasteiger partial charge in [0.25, 0.3) is 0 Å². The van der Waals surface area contributed by atoms with Crippen LogP contribution in [0.15, 0.2) is 23.8 Å². The predicted octanol–water partition coefficient (Wildman–Crippen LogP) is 1.75. The van der Waals surface area contributed by atoms with Crippen LogP contribution in [-0.4, -0.2) is 34.9 Å². The van der Waals surface area contributed by atoms with Gasteiger partial charge in [-0.05, 0) is 25.7 Å². The molecule has 0 amide bonds. The fraction of sp³-hybridized carbons (Fsp3) is 0.647. The molecule has 1 N–H and O–H groups in total. The van der Waals surface area contributed by atoms with Crippen LogP contribution in [-0.2, 0) is 19.1 Å². The number of fused-ring (bicyclic) bond motifs is 3. The number of carbonyl (C=O) groups excluding carboxylic acids is 2. The highest BCUT2D eigenvalue weighted by molar-refractivity contribution is 5.91. The van der Waals surface area contributed by atoms with E-state index in [1.54, 1.807) is 0 Å². The molecule has 0 bridgehead atoms. The van der Waals surface area contributed by atoms with E-state index in [1.165, 1.54) is 6.92 Å². The molecule has 0 unspecified atom stereocenters. The molecule has 0 spiro atoms. The first kappa shape index (κ1) is 15.3. The van der Waals surface area contributed by atoms with Crippen molar-refractivity contribution < 1.29 is 24.2 Å². The largest absolute Gasteiger partial charge is 0.462 e. The molecule has 0 aromatic heterocycles. The van der Waals surface area contributed by atoms with Gasteiger partial charge in [-0.1, -0.05) is 25.2 Å². The molecular formula is C17H22O5. The topological polar surface area (TPSA) is 72.8 Å². The van der Waals surface area contributed by atoms with Crippen molar-refractivity contribution in [1.29, 1.82) is 0 Å². The molecule has 0 radical (unpaired) electrons. The van der Waals surface area contributed by atoms with Crippen molar-refractivity contribution in [3.63, 3.8) is 0 Å². The third-order valence-electron chi connectivity index (χ3n) is 5.53. The summed E-state index contributed by atoms with van der Waals surface area (Å²) in [6, 6.07) is 0. The zero-order valence-electron chi connectivity index (χ0n) is 13.2. The van der Waals surface area contributed by atoms with Crippen molar-refractivity contribution in [3.8, 4) is 0 Å². The maximum Gasteiger partial charge on any atom is 0.334 e. The summed E-state index contributed by atoms with van der Waals surface area (Å²) in [4.78, 5) is 23.4. The number of rotatable bonds is 1. The second-order valence-electron chi connectivity index (χ2n) is 6.83. The van der Waals surface area contributed by atoms with Gasteiger partial charge in [0.15, 0.2) is 0 Å². The van der Waals surface area contributed by atoms with E-state index in [4.69, 9.17) is 9.47 Å². The van der Waals surface area contributed by atoms with Crippen LogP contribution in [0.2, 0.25) is 0 Å². The van der Waals surface area contributed by atoms with Crippen LogP contribution < -0.4 is 0 Å². The van der Waals surface area contributed by atoms with E-state index in [0.29, 0.717) is 18.4 Å². The predicted molar refractivity (Wildman–Crippen MR) is 78.7 cm³/mol. The van der Waals surface area contributed by atoms with E-state index in [2.05, 4.69) is 6.58 Å². The molecule has 2 fully saturated rings. The van der Waals surface area contributed by atoms with Crippen molar-refractivity contribution in [2.45, 2.75) is 51.4 Å². The Bertz CT molecular complexity index is 578. The minimum atomic E-state index is -0.965. The quantitative estimate of drug-likeness (QED) is 0.454. The Kier molecular flexibility index (Phi) is 3.44. The standard InChI is InChI=1S/C17H22O5/c1-8-5-6-17(20)9(2)7-12(21-11(4)18)13-10(3)16(19)22-15(13)14(8)17/h5,9,12-15,20H,3,6-7H2,1-2,4H3/t9-,12-,13+,14+,15-,17+/m0/s1. The van der Waals surface area contributed by atoms with Gasteiger partial charge in [-0.25, -0.2) is 4.79 Å². The first-order valence-electron chi connectivity index (χ1n) is 7.71. The van der Waals surface area contributed by atoms with Gasteiger partial charge in [0.1, 0.15) is 12.2 Å². The molecule has 22 heavy (non-hydrogen) atoms. The Labute approximate surface area is 130 Å². The van der Waals surface area contributed by atoms with Crippen molar-refractivity contribution in [2.75, 3.05) is 0 Å². The Morgan fingerprint density at radius 3 is 2.86 bits per heavy atom. The van der Waals surface area contributed by atoms with Crippen molar-refractivity contribution in [2.24, 2.45) is 17.8 Å².